The highest BCUT2D eigenvalue weighted by Crippen LogP contribution is 2.49. The van der Waals surface area contributed by atoms with Crippen LogP contribution in [0.2, 0.25) is 0 Å². The molecule has 2 aromatic heterocycles. The molecule has 9 heteroatoms. The number of amides is 1. The van der Waals surface area contributed by atoms with Gasteiger partial charge in [0, 0.05) is 17.9 Å². The highest BCUT2D eigenvalue weighted by molar-refractivity contribution is 7.23. The molecule has 4 N–H and O–H groups in total. The van der Waals surface area contributed by atoms with Crippen molar-refractivity contribution < 1.29 is 24.0 Å². The summed E-state index contributed by atoms with van der Waals surface area (Å²) in [5, 5.41) is 13.1. The Kier molecular flexibility index (Phi) is 4.87. The van der Waals surface area contributed by atoms with Gasteiger partial charge in [0.25, 0.3) is 5.82 Å². The Morgan fingerprint density at radius 2 is 1.90 bits per heavy atom. The molecule has 1 aliphatic rings. The topological polar surface area (TPSA) is 121 Å². The molecule has 8 nitrogen and oxygen atoms in total. The molecule has 1 aromatic carbocycles. The van der Waals surface area contributed by atoms with Crippen molar-refractivity contribution in [3.8, 4) is 23.3 Å². The number of hydrogen-bond donors (Lipinski definition) is 2. The Bertz CT molecular complexity index is 1200. The van der Waals surface area contributed by atoms with Crippen LogP contribution < -0.4 is 30.2 Å². The van der Waals surface area contributed by atoms with Crippen LogP contribution in [0.15, 0.2) is 12.1 Å². The number of hydrogen-bond acceptors (Lipinski definition) is 7. The second-order valence-corrected chi connectivity index (χ2v) is 7.98. The van der Waals surface area contributed by atoms with E-state index in [4.69, 9.17) is 19.9 Å². The monoisotopic (exact) mass is 425 g/mol. The van der Waals surface area contributed by atoms with E-state index in [-0.39, 0.29) is 18.2 Å². The number of anilines is 2. The van der Waals surface area contributed by atoms with Crippen molar-refractivity contribution in [1.82, 2.24) is 0 Å². The Morgan fingerprint density at radius 3 is 2.47 bits per heavy atom. The molecule has 30 heavy (non-hydrogen) atoms. The summed E-state index contributed by atoms with van der Waals surface area (Å²) in [7, 11) is 4.66. The van der Waals surface area contributed by atoms with Gasteiger partial charge in [-0.3, -0.25) is 10.5 Å². The number of benzene rings is 1. The van der Waals surface area contributed by atoms with E-state index in [0.717, 1.165) is 31.9 Å². The number of aromatic amines is 1. The number of fused-ring (bicyclic) bond motifs is 3. The van der Waals surface area contributed by atoms with E-state index in [2.05, 4.69) is 16.4 Å². The molecular weight excluding hydrogens is 404 g/mol. The van der Waals surface area contributed by atoms with E-state index in [1.165, 1.54) is 11.3 Å². The number of carbonyl (C=O) groups is 1. The van der Waals surface area contributed by atoms with Crippen LogP contribution >= 0.6 is 11.3 Å². The third kappa shape index (κ3) is 2.88. The number of thiophene rings is 1. The van der Waals surface area contributed by atoms with Crippen LogP contribution in [-0.4, -0.2) is 27.2 Å². The van der Waals surface area contributed by atoms with Gasteiger partial charge in [0.05, 0.1) is 26.0 Å². The molecule has 0 bridgehead atoms. The van der Waals surface area contributed by atoms with Crippen LogP contribution in [0.5, 0.6) is 17.2 Å². The largest absolute Gasteiger partial charge is 0.493 e. The Morgan fingerprint density at radius 1 is 1.23 bits per heavy atom. The van der Waals surface area contributed by atoms with Gasteiger partial charge in [-0.1, -0.05) is 0 Å². The molecule has 1 aliphatic heterocycles. The Labute approximate surface area is 177 Å². The third-order valence-electron chi connectivity index (χ3n) is 5.38. The maximum absolute atomic E-state index is 12.5. The number of nitriles is 1. The van der Waals surface area contributed by atoms with Gasteiger partial charge < -0.3 is 19.5 Å². The number of H-pyrrole nitrogens is 1. The van der Waals surface area contributed by atoms with E-state index in [1.54, 1.807) is 21.3 Å². The molecule has 154 valence electrons. The smallest absolute Gasteiger partial charge is 0.289 e. The molecular formula is C21H21N4O4S+. The van der Waals surface area contributed by atoms with Gasteiger partial charge in [-0.2, -0.15) is 5.26 Å². The summed E-state index contributed by atoms with van der Waals surface area (Å²) in [6.45, 7) is 1.86. The second-order valence-electron chi connectivity index (χ2n) is 6.96. The zero-order valence-corrected chi connectivity index (χ0v) is 17.8. The number of methoxy groups -OCH3 is 3. The number of nitrogens with one attached hydrogen (secondary N) is 2. The highest BCUT2D eigenvalue weighted by atomic mass is 32.1. The van der Waals surface area contributed by atoms with Gasteiger partial charge in [-0.25, -0.2) is 4.98 Å². The first kappa shape index (κ1) is 19.8. The standard InChI is InChI=1S/C21H20N4O4S/c1-9-12(8-22)20(23)25-17-16-11(7-15(26)24-21(16)30-19(9)17)10-5-13(27-2)18(29-4)14(6-10)28-3/h5-6,11H,7H2,1-4H3,(H2,23,25)(H,24,26)/p+1/t11-/m0/s1. The molecule has 0 fully saturated rings. The lowest BCUT2D eigenvalue weighted by molar-refractivity contribution is -0.327. The summed E-state index contributed by atoms with van der Waals surface area (Å²) >= 11 is 1.44. The van der Waals surface area contributed by atoms with Crippen LogP contribution in [0.25, 0.3) is 10.2 Å². The van der Waals surface area contributed by atoms with E-state index in [9.17, 15) is 10.1 Å². The van der Waals surface area contributed by atoms with Crippen molar-refractivity contribution in [3.05, 3.63) is 34.4 Å². The summed E-state index contributed by atoms with van der Waals surface area (Å²) in [5.74, 6) is 1.50. The lowest BCUT2D eigenvalue weighted by Gasteiger charge is -2.24. The number of aryl methyl sites for hydroxylation is 1. The number of pyridine rings is 1. The molecule has 1 atom stereocenters. The highest BCUT2D eigenvalue weighted by Gasteiger charge is 2.34. The van der Waals surface area contributed by atoms with Gasteiger partial charge in [0.15, 0.2) is 11.5 Å². The molecule has 1 amide bonds. The van der Waals surface area contributed by atoms with Crippen molar-refractivity contribution in [2.45, 2.75) is 19.3 Å². The van der Waals surface area contributed by atoms with Gasteiger partial charge in [0.1, 0.15) is 22.2 Å². The average molecular weight is 425 g/mol. The molecule has 0 spiro atoms. The lowest BCUT2D eigenvalue weighted by Crippen LogP contribution is -2.24. The lowest BCUT2D eigenvalue weighted by atomic mass is 9.86. The van der Waals surface area contributed by atoms with Crippen molar-refractivity contribution in [3.63, 3.8) is 0 Å². The summed E-state index contributed by atoms with van der Waals surface area (Å²) < 4.78 is 17.3. The summed E-state index contributed by atoms with van der Waals surface area (Å²) in [4.78, 5) is 15.7. The predicted molar refractivity (Wildman–Crippen MR) is 113 cm³/mol. The minimum Gasteiger partial charge on any atom is -0.493 e. The number of rotatable bonds is 4. The summed E-state index contributed by atoms with van der Waals surface area (Å²) in [6, 6.07) is 5.86. The molecule has 0 unspecified atom stereocenters. The number of nitrogens with zero attached hydrogens (tertiary/aromatic N) is 1. The molecule has 0 saturated carbocycles. The fraction of sp³-hybridized carbons (Fsp3) is 0.286. The van der Waals surface area contributed by atoms with Crippen LogP contribution in [0.3, 0.4) is 0 Å². The number of nitrogens with two attached hydrogens (primary N) is 1. The minimum atomic E-state index is -0.251. The quantitative estimate of drug-likeness (QED) is 0.663. The van der Waals surface area contributed by atoms with Crippen molar-refractivity contribution in [1.29, 1.82) is 5.26 Å². The number of carbonyl (C=O) groups excluding carboxylic acids is 1. The molecule has 3 heterocycles. The molecule has 4 rings (SSSR count). The Hall–Kier alpha value is -3.51. The van der Waals surface area contributed by atoms with Gasteiger partial charge in [-0.15, -0.1) is 11.3 Å². The van der Waals surface area contributed by atoms with Crippen molar-refractivity contribution >= 4 is 38.3 Å². The third-order valence-corrected chi connectivity index (χ3v) is 6.62. The number of ether oxygens (including phenoxy) is 3. The van der Waals surface area contributed by atoms with Crippen LogP contribution in [0.1, 0.15) is 34.6 Å². The van der Waals surface area contributed by atoms with Crippen LogP contribution in [0, 0.1) is 18.3 Å². The zero-order chi connectivity index (χ0) is 21.6. The predicted octanol–water partition coefficient (Wildman–Crippen LogP) is 2.98. The fourth-order valence-electron chi connectivity index (χ4n) is 3.97. The van der Waals surface area contributed by atoms with Gasteiger partial charge in [0.2, 0.25) is 11.7 Å². The first-order chi connectivity index (χ1) is 14.4. The zero-order valence-electron chi connectivity index (χ0n) is 17.0. The van der Waals surface area contributed by atoms with Gasteiger partial charge >= 0.3 is 0 Å². The molecule has 0 saturated heterocycles. The normalized spacial score (nSPS) is 15.3. The average Bonchev–Trinajstić information content (AvgIpc) is 3.10. The Balaban J connectivity index is 1.99. The first-order valence-corrected chi connectivity index (χ1v) is 10.0. The number of nitrogen functional groups attached to an aromatic ring is 1. The summed E-state index contributed by atoms with van der Waals surface area (Å²) in [5.41, 5.74) is 9.93. The summed E-state index contributed by atoms with van der Waals surface area (Å²) in [6.07, 6.45) is 0.254. The maximum atomic E-state index is 12.5. The first-order valence-electron chi connectivity index (χ1n) is 9.21. The van der Waals surface area contributed by atoms with Crippen molar-refractivity contribution in [2.75, 3.05) is 32.4 Å². The number of aromatic nitrogens is 1. The van der Waals surface area contributed by atoms with Gasteiger partial charge in [-0.05, 0) is 30.2 Å². The van der Waals surface area contributed by atoms with Crippen molar-refractivity contribution in [2.24, 2.45) is 0 Å². The van der Waals surface area contributed by atoms with E-state index in [1.807, 2.05) is 19.1 Å². The van der Waals surface area contributed by atoms with Crippen LogP contribution in [0.4, 0.5) is 10.8 Å². The molecule has 0 aliphatic carbocycles. The maximum Gasteiger partial charge on any atom is 0.289 e. The van der Waals surface area contributed by atoms with E-state index < -0.39 is 0 Å². The second kappa shape index (κ2) is 7.39. The SMILES string of the molecule is COc1cc([C@@H]2CC(=O)Nc3sc4c(C)c(C#N)c(N)[nH+]c4c32)cc(OC)c1OC. The molecule has 3 aromatic rings. The van der Waals surface area contributed by atoms with E-state index >= 15 is 0 Å². The fourth-order valence-corrected chi connectivity index (χ4v) is 5.21. The van der Waals surface area contributed by atoms with E-state index in [0.29, 0.717) is 28.6 Å². The minimum absolute atomic E-state index is 0.0843. The van der Waals surface area contributed by atoms with Crippen LogP contribution in [-0.2, 0) is 4.79 Å². The molecule has 0 radical (unpaired) electrons.